The van der Waals surface area contributed by atoms with E-state index in [0.717, 1.165) is 0 Å². The summed E-state index contributed by atoms with van der Waals surface area (Å²) >= 11 is 0. The van der Waals surface area contributed by atoms with Gasteiger partial charge in [0, 0.05) is 6.42 Å². The molecule has 0 saturated carbocycles. The predicted octanol–water partition coefficient (Wildman–Crippen LogP) is -5.66. The molecule has 13 N–H and O–H groups in total. The number of amides is 6. The average molecular weight is 489 g/mol. The first-order chi connectivity index (χ1) is 15.6. The van der Waals surface area contributed by atoms with Crippen molar-refractivity contribution in [3.05, 3.63) is 0 Å². The number of aliphatic carboxylic acids is 2. The number of nitrogens with one attached hydrogen (secondary N) is 3. The van der Waals surface area contributed by atoms with Gasteiger partial charge in [-0.25, -0.2) is 4.79 Å². The summed E-state index contributed by atoms with van der Waals surface area (Å²) in [6.45, 7) is 0. The molecule has 6 amide bonds. The molecular weight excluding hydrogens is 462 g/mol. The molecule has 0 rings (SSSR count). The lowest BCUT2D eigenvalue weighted by Crippen LogP contribution is -2.58. The molecular formula is C17H27N7O10. The molecule has 0 aliphatic rings. The Hall–Kier alpha value is -4.28. The smallest absolute Gasteiger partial charge is 0.326 e. The molecule has 0 heterocycles. The van der Waals surface area contributed by atoms with Gasteiger partial charge in [0.2, 0.25) is 35.4 Å². The molecule has 0 bridgehead atoms. The van der Waals surface area contributed by atoms with Gasteiger partial charge in [0.05, 0.1) is 25.3 Å². The van der Waals surface area contributed by atoms with E-state index < -0.39 is 90.8 Å². The first-order valence-corrected chi connectivity index (χ1v) is 9.60. The third-order valence-corrected chi connectivity index (χ3v) is 4.11. The summed E-state index contributed by atoms with van der Waals surface area (Å²) in [4.78, 5) is 92.6. The normalized spacial score (nSPS) is 13.9. The lowest BCUT2D eigenvalue weighted by molar-refractivity contribution is -0.144. The van der Waals surface area contributed by atoms with Crippen LogP contribution in [-0.4, -0.2) is 81.8 Å². The van der Waals surface area contributed by atoms with Crippen LogP contribution in [0.1, 0.15) is 32.1 Å². The van der Waals surface area contributed by atoms with Crippen molar-refractivity contribution in [2.45, 2.75) is 56.3 Å². The van der Waals surface area contributed by atoms with Crippen LogP contribution in [-0.2, 0) is 38.4 Å². The van der Waals surface area contributed by atoms with Gasteiger partial charge in [0.1, 0.15) is 18.1 Å². The number of nitrogens with two attached hydrogens (primary N) is 4. The second kappa shape index (κ2) is 14.0. The number of rotatable bonds is 16. The number of primary amides is 3. The van der Waals surface area contributed by atoms with Gasteiger partial charge in [-0.2, -0.15) is 0 Å². The third kappa shape index (κ3) is 11.9. The molecule has 190 valence electrons. The van der Waals surface area contributed by atoms with Crippen LogP contribution in [0, 0.1) is 0 Å². The van der Waals surface area contributed by atoms with Gasteiger partial charge in [0.15, 0.2) is 0 Å². The van der Waals surface area contributed by atoms with Gasteiger partial charge >= 0.3 is 11.9 Å². The Morgan fingerprint density at radius 2 is 1.03 bits per heavy atom. The Balaban J connectivity index is 5.54. The maximum atomic E-state index is 12.6. The van der Waals surface area contributed by atoms with Crippen LogP contribution in [0.25, 0.3) is 0 Å². The van der Waals surface area contributed by atoms with Gasteiger partial charge in [-0.05, 0) is 6.42 Å². The molecule has 0 aromatic carbocycles. The van der Waals surface area contributed by atoms with Crippen LogP contribution >= 0.6 is 0 Å². The average Bonchev–Trinajstić information content (AvgIpc) is 2.68. The standard InChI is InChI=1S/C17H27N7O10/c18-6(1-2-10(19)25)14(30)22-8(5-13(28)29)16(32)23-7(3-11(20)26)15(31)24-9(17(33)34)4-12(21)27/h6-9H,1-5,18H2,(H2,19,25)(H2,20,26)(H2,21,27)(H,22,30)(H,23,32)(H,24,31)(H,28,29)(H,33,34). The Morgan fingerprint density at radius 1 is 0.618 bits per heavy atom. The summed E-state index contributed by atoms with van der Waals surface area (Å²) in [7, 11) is 0. The Kier molecular flexibility index (Phi) is 12.2. The maximum Gasteiger partial charge on any atom is 0.326 e. The van der Waals surface area contributed by atoms with E-state index in [1.807, 2.05) is 16.0 Å². The third-order valence-electron chi connectivity index (χ3n) is 4.11. The molecule has 17 heteroatoms. The second-order valence-corrected chi connectivity index (χ2v) is 7.07. The lowest BCUT2D eigenvalue weighted by Gasteiger charge is -2.24. The van der Waals surface area contributed by atoms with Crippen molar-refractivity contribution in [3.63, 3.8) is 0 Å². The SMILES string of the molecule is NC(=O)CCC(N)C(=O)NC(CC(=O)O)C(=O)NC(CC(N)=O)C(=O)NC(CC(N)=O)C(=O)O. The van der Waals surface area contributed by atoms with Gasteiger partial charge in [-0.3, -0.25) is 33.6 Å². The highest BCUT2D eigenvalue weighted by Gasteiger charge is 2.32. The lowest BCUT2D eigenvalue weighted by atomic mass is 10.1. The van der Waals surface area contributed by atoms with Gasteiger partial charge in [-0.1, -0.05) is 0 Å². The van der Waals surface area contributed by atoms with Crippen LogP contribution in [0.2, 0.25) is 0 Å². The van der Waals surface area contributed by atoms with Crippen molar-refractivity contribution in [3.8, 4) is 0 Å². The molecule has 0 saturated heterocycles. The number of carboxylic acids is 2. The highest BCUT2D eigenvalue weighted by atomic mass is 16.4. The van der Waals surface area contributed by atoms with E-state index in [4.69, 9.17) is 33.1 Å². The van der Waals surface area contributed by atoms with Crippen molar-refractivity contribution in [1.82, 2.24) is 16.0 Å². The summed E-state index contributed by atoms with van der Waals surface area (Å²) in [6.07, 6.45) is -3.08. The largest absolute Gasteiger partial charge is 0.481 e. The zero-order chi connectivity index (χ0) is 26.6. The minimum absolute atomic E-state index is 0.203. The molecule has 34 heavy (non-hydrogen) atoms. The number of carboxylic acid groups (broad SMARTS) is 2. The van der Waals surface area contributed by atoms with Crippen molar-refractivity contribution >= 4 is 47.4 Å². The summed E-state index contributed by atoms with van der Waals surface area (Å²) in [5.41, 5.74) is 20.5. The second-order valence-electron chi connectivity index (χ2n) is 7.07. The van der Waals surface area contributed by atoms with Crippen LogP contribution < -0.4 is 38.9 Å². The molecule has 0 spiro atoms. The topological polar surface area (TPSA) is 317 Å². The molecule has 0 radical (unpaired) electrons. The van der Waals surface area contributed by atoms with E-state index >= 15 is 0 Å². The molecule has 4 unspecified atom stereocenters. The zero-order valence-corrected chi connectivity index (χ0v) is 17.8. The maximum absolute atomic E-state index is 12.6. The summed E-state index contributed by atoms with van der Waals surface area (Å²) in [5, 5.41) is 24.0. The van der Waals surface area contributed by atoms with Crippen molar-refractivity contribution < 1.29 is 48.6 Å². The molecule has 0 aliphatic heterocycles. The van der Waals surface area contributed by atoms with E-state index in [0.29, 0.717) is 0 Å². The summed E-state index contributed by atoms with van der Waals surface area (Å²) < 4.78 is 0. The van der Waals surface area contributed by atoms with Crippen LogP contribution in [0.3, 0.4) is 0 Å². The minimum atomic E-state index is -1.80. The van der Waals surface area contributed by atoms with E-state index in [-0.39, 0.29) is 12.8 Å². The Bertz CT molecular complexity index is 847. The number of carbonyl (C=O) groups is 8. The van der Waals surface area contributed by atoms with Crippen molar-refractivity contribution in [2.75, 3.05) is 0 Å². The highest BCUT2D eigenvalue weighted by Crippen LogP contribution is 2.02. The van der Waals surface area contributed by atoms with Crippen LogP contribution in [0.15, 0.2) is 0 Å². The van der Waals surface area contributed by atoms with E-state index in [1.165, 1.54) is 0 Å². The minimum Gasteiger partial charge on any atom is -0.481 e. The van der Waals surface area contributed by atoms with E-state index in [1.54, 1.807) is 0 Å². The predicted molar refractivity (Wildman–Crippen MR) is 110 cm³/mol. The first-order valence-electron chi connectivity index (χ1n) is 9.60. The molecule has 4 atom stereocenters. The molecule has 17 nitrogen and oxygen atoms in total. The number of hydrogen-bond donors (Lipinski definition) is 9. The molecule has 0 aromatic rings. The van der Waals surface area contributed by atoms with Crippen LogP contribution in [0.5, 0.6) is 0 Å². The molecule has 0 fully saturated rings. The zero-order valence-electron chi connectivity index (χ0n) is 17.8. The number of hydrogen-bond acceptors (Lipinski definition) is 9. The van der Waals surface area contributed by atoms with Crippen LogP contribution in [0.4, 0.5) is 0 Å². The van der Waals surface area contributed by atoms with Gasteiger partial charge in [-0.15, -0.1) is 0 Å². The monoisotopic (exact) mass is 489 g/mol. The highest BCUT2D eigenvalue weighted by molar-refractivity contribution is 5.97. The van der Waals surface area contributed by atoms with E-state index in [2.05, 4.69) is 0 Å². The number of carbonyl (C=O) groups excluding carboxylic acids is 6. The molecule has 0 aromatic heterocycles. The molecule has 0 aliphatic carbocycles. The summed E-state index contributed by atoms with van der Waals surface area (Å²) in [5.74, 6) is -9.60. The fourth-order valence-corrected chi connectivity index (χ4v) is 2.45. The fraction of sp³-hybridized carbons (Fsp3) is 0.529. The fourth-order valence-electron chi connectivity index (χ4n) is 2.45. The quantitative estimate of drug-likeness (QED) is 0.0983. The summed E-state index contributed by atoms with van der Waals surface area (Å²) in [6, 6.07) is -6.70. The van der Waals surface area contributed by atoms with Gasteiger partial charge in [0.25, 0.3) is 0 Å². The Labute approximate surface area is 191 Å². The van der Waals surface area contributed by atoms with Crippen molar-refractivity contribution in [2.24, 2.45) is 22.9 Å². The van der Waals surface area contributed by atoms with Crippen molar-refractivity contribution in [1.29, 1.82) is 0 Å². The van der Waals surface area contributed by atoms with E-state index in [9.17, 15) is 38.4 Å². The first kappa shape index (κ1) is 29.7. The van der Waals surface area contributed by atoms with Gasteiger partial charge < -0.3 is 49.1 Å². The Morgan fingerprint density at radius 3 is 1.44 bits per heavy atom.